The van der Waals surface area contributed by atoms with Crippen LogP contribution in [0.1, 0.15) is 35.7 Å². The highest BCUT2D eigenvalue weighted by Crippen LogP contribution is 2.19. The van der Waals surface area contributed by atoms with E-state index in [-0.39, 0.29) is 24.2 Å². The minimum absolute atomic E-state index is 0.0872. The number of amides is 1. The maximum absolute atomic E-state index is 13.1. The zero-order valence-electron chi connectivity index (χ0n) is 14.7. The molecule has 25 heavy (non-hydrogen) atoms. The Balaban J connectivity index is 1.77. The molecule has 1 amide bonds. The maximum atomic E-state index is 13.1. The van der Waals surface area contributed by atoms with E-state index in [0.717, 1.165) is 17.0 Å². The number of benzene rings is 1. The summed E-state index contributed by atoms with van der Waals surface area (Å²) in [5.74, 6) is 0.526. The van der Waals surface area contributed by atoms with E-state index in [1.165, 1.54) is 12.1 Å². The molecule has 0 aliphatic heterocycles. The molecule has 0 saturated heterocycles. The van der Waals surface area contributed by atoms with Crippen LogP contribution in [0.25, 0.3) is 5.78 Å². The molecule has 6 nitrogen and oxygen atoms in total. The molecular weight excluding hydrogens is 321 g/mol. The van der Waals surface area contributed by atoms with Gasteiger partial charge in [-0.3, -0.25) is 4.79 Å². The quantitative estimate of drug-likeness (QED) is 0.732. The fourth-order valence-corrected chi connectivity index (χ4v) is 2.72. The summed E-state index contributed by atoms with van der Waals surface area (Å²) in [5, 5.41) is 4.37. The summed E-state index contributed by atoms with van der Waals surface area (Å²) in [6, 6.07) is 7.89. The van der Waals surface area contributed by atoms with Gasteiger partial charge in [-0.05, 0) is 44.5 Å². The molecule has 0 fully saturated rings. The number of aryl methyl sites for hydroxylation is 2. The summed E-state index contributed by atoms with van der Waals surface area (Å²) in [5.41, 5.74) is 2.65. The van der Waals surface area contributed by atoms with Crippen molar-refractivity contribution in [2.24, 2.45) is 0 Å². The van der Waals surface area contributed by atoms with Gasteiger partial charge < -0.3 is 4.90 Å². The molecule has 0 aliphatic rings. The molecule has 3 aromatic rings. The Bertz CT molecular complexity index is 919. The molecule has 1 atom stereocenters. The third-order valence-corrected chi connectivity index (χ3v) is 4.30. The van der Waals surface area contributed by atoms with E-state index in [4.69, 9.17) is 0 Å². The van der Waals surface area contributed by atoms with Crippen molar-refractivity contribution in [2.45, 2.75) is 33.2 Å². The number of likely N-dealkylation sites (N-methyl/N-ethyl adjacent to an activating group) is 1. The fourth-order valence-electron chi connectivity index (χ4n) is 2.72. The second kappa shape index (κ2) is 6.58. The molecule has 2 aromatic heterocycles. The van der Waals surface area contributed by atoms with Gasteiger partial charge in [-0.25, -0.2) is 13.9 Å². The zero-order chi connectivity index (χ0) is 18.1. The second-order valence-corrected chi connectivity index (χ2v) is 6.19. The van der Waals surface area contributed by atoms with Crippen LogP contribution in [0.3, 0.4) is 0 Å². The molecule has 0 aliphatic carbocycles. The van der Waals surface area contributed by atoms with Crippen molar-refractivity contribution in [1.29, 1.82) is 0 Å². The number of aromatic nitrogens is 4. The second-order valence-electron chi connectivity index (χ2n) is 6.19. The lowest BCUT2D eigenvalue weighted by Crippen LogP contribution is -2.31. The van der Waals surface area contributed by atoms with Gasteiger partial charge in [-0.2, -0.15) is 4.98 Å². The van der Waals surface area contributed by atoms with Gasteiger partial charge in [0.2, 0.25) is 5.91 Å². The van der Waals surface area contributed by atoms with Crippen molar-refractivity contribution < 1.29 is 9.18 Å². The van der Waals surface area contributed by atoms with Crippen LogP contribution in [0.2, 0.25) is 0 Å². The highest BCUT2D eigenvalue weighted by Gasteiger charge is 2.20. The predicted octanol–water partition coefficient (Wildman–Crippen LogP) is 2.64. The van der Waals surface area contributed by atoms with E-state index in [9.17, 15) is 9.18 Å². The summed E-state index contributed by atoms with van der Waals surface area (Å²) in [6.07, 6.45) is 0.0872. The molecule has 130 valence electrons. The van der Waals surface area contributed by atoms with Gasteiger partial charge in [0.1, 0.15) is 5.82 Å². The van der Waals surface area contributed by atoms with E-state index in [2.05, 4.69) is 15.1 Å². The Morgan fingerprint density at radius 1 is 1.24 bits per heavy atom. The monoisotopic (exact) mass is 341 g/mol. The van der Waals surface area contributed by atoms with Crippen LogP contribution >= 0.6 is 0 Å². The first-order valence-corrected chi connectivity index (χ1v) is 8.06. The Morgan fingerprint density at radius 3 is 2.60 bits per heavy atom. The molecule has 2 heterocycles. The van der Waals surface area contributed by atoms with Crippen LogP contribution in [-0.4, -0.2) is 37.4 Å². The van der Waals surface area contributed by atoms with Crippen LogP contribution in [0.4, 0.5) is 4.39 Å². The first-order valence-electron chi connectivity index (χ1n) is 8.06. The average molecular weight is 341 g/mol. The smallest absolute Gasteiger partial charge is 0.252 e. The first kappa shape index (κ1) is 17.0. The van der Waals surface area contributed by atoms with Gasteiger partial charge >= 0.3 is 0 Å². The number of hydrogen-bond donors (Lipinski definition) is 0. The van der Waals surface area contributed by atoms with Gasteiger partial charge in [0.05, 0.1) is 12.5 Å². The molecule has 0 bridgehead atoms. The van der Waals surface area contributed by atoms with Crippen molar-refractivity contribution in [3.63, 3.8) is 0 Å². The molecule has 0 radical (unpaired) electrons. The fraction of sp³-hybridized carbons (Fsp3) is 0.333. The van der Waals surface area contributed by atoms with Crippen LogP contribution in [0.5, 0.6) is 0 Å². The van der Waals surface area contributed by atoms with E-state index in [0.29, 0.717) is 11.6 Å². The molecule has 7 heteroatoms. The van der Waals surface area contributed by atoms with Crippen molar-refractivity contribution in [3.05, 3.63) is 58.9 Å². The van der Waals surface area contributed by atoms with E-state index in [1.807, 2.05) is 26.8 Å². The van der Waals surface area contributed by atoms with E-state index in [1.54, 1.807) is 28.6 Å². The largest absolute Gasteiger partial charge is 0.339 e. The minimum atomic E-state index is -0.294. The summed E-state index contributed by atoms with van der Waals surface area (Å²) in [7, 11) is 1.72. The molecular formula is C18H20FN5O. The highest BCUT2D eigenvalue weighted by atomic mass is 19.1. The number of hydrogen-bond acceptors (Lipinski definition) is 4. The Hall–Kier alpha value is -2.83. The summed E-state index contributed by atoms with van der Waals surface area (Å²) < 4.78 is 14.7. The Labute approximate surface area is 145 Å². The number of rotatable bonds is 4. The highest BCUT2D eigenvalue weighted by molar-refractivity contribution is 5.78. The van der Waals surface area contributed by atoms with Gasteiger partial charge in [-0.1, -0.05) is 12.1 Å². The van der Waals surface area contributed by atoms with Crippen molar-refractivity contribution in [3.8, 4) is 0 Å². The lowest BCUT2D eigenvalue weighted by atomic mass is 10.1. The Morgan fingerprint density at radius 2 is 1.92 bits per heavy atom. The van der Waals surface area contributed by atoms with Crippen molar-refractivity contribution in [2.75, 3.05) is 7.05 Å². The number of carbonyl (C=O) groups is 1. The zero-order valence-corrected chi connectivity index (χ0v) is 14.7. The summed E-state index contributed by atoms with van der Waals surface area (Å²) in [4.78, 5) is 22.9. The van der Waals surface area contributed by atoms with Crippen LogP contribution < -0.4 is 0 Å². The minimum Gasteiger partial charge on any atom is -0.339 e. The van der Waals surface area contributed by atoms with E-state index < -0.39 is 0 Å². The lowest BCUT2D eigenvalue weighted by molar-refractivity contribution is -0.131. The SMILES string of the molecule is Cc1cc(C)n2nc(CC(=O)N(C)C(C)c3ccc(F)cc3)nc2n1. The third-order valence-electron chi connectivity index (χ3n) is 4.30. The van der Waals surface area contributed by atoms with E-state index >= 15 is 0 Å². The average Bonchev–Trinajstić information content (AvgIpc) is 2.96. The van der Waals surface area contributed by atoms with Crippen LogP contribution in [0, 0.1) is 19.7 Å². The van der Waals surface area contributed by atoms with Crippen LogP contribution in [-0.2, 0) is 11.2 Å². The van der Waals surface area contributed by atoms with Gasteiger partial charge in [0.25, 0.3) is 5.78 Å². The van der Waals surface area contributed by atoms with Gasteiger partial charge in [-0.15, -0.1) is 5.10 Å². The summed E-state index contributed by atoms with van der Waals surface area (Å²) >= 11 is 0. The summed E-state index contributed by atoms with van der Waals surface area (Å²) in [6.45, 7) is 5.71. The topological polar surface area (TPSA) is 63.4 Å². The Kier molecular flexibility index (Phi) is 4.48. The normalized spacial score (nSPS) is 12.4. The lowest BCUT2D eigenvalue weighted by Gasteiger charge is -2.25. The number of fused-ring (bicyclic) bond motifs is 1. The van der Waals surface area contributed by atoms with Crippen LogP contribution in [0.15, 0.2) is 30.3 Å². The molecule has 0 saturated carbocycles. The molecule has 0 spiro atoms. The molecule has 1 aromatic carbocycles. The van der Waals surface area contributed by atoms with Crippen molar-refractivity contribution in [1.82, 2.24) is 24.5 Å². The van der Waals surface area contributed by atoms with Gasteiger partial charge in [0, 0.05) is 18.4 Å². The first-order chi connectivity index (χ1) is 11.8. The molecule has 1 unspecified atom stereocenters. The molecule has 3 rings (SSSR count). The van der Waals surface area contributed by atoms with Crippen molar-refractivity contribution >= 4 is 11.7 Å². The predicted molar refractivity (Wildman–Crippen MR) is 91.5 cm³/mol. The van der Waals surface area contributed by atoms with Gasteiger partial charge in [0.15, 0.2) is 5.82 Å². The third kappa shape index (κ3) is 3.50. The number of halogens is 1. The maximum Gasteiger partial charge on any atom is 0.252 e. The standard InChI is InChI=1S/C18H20FN5O/c1-11-9-12(2)24-18(20-11)21-16(22-24)10-17(25)23(4)13(3)14-5-7-15(19)8-6-14/h5-9,13H,10H2,1-4H3. The molecule has 0 N–H and O–H groups in total. The number of carbonyl (C=O) groups excluding carboxylic acids is 1. The number of nitrogens with zero attached hydrogens (tertiary/aromatic N) is 5.